The lowest BCUT2D eigenvalue weighted by atomic mass is 10.1. The number of carbonyl (C=O) groups is 3. The Morgan fingerprint density at radius 2 is 1.55 bits per heavy atom. The minimum atomic E-state index is -0.890. The maximum absolute atomic E-state index is 13.4. The van der Waals surface area contributed by atoms with Gasteiger partial charge in [0.1, 0.15) is 24.5 Å². The van der Waals surface area contributed by atoms with Crippen LogP contribution >= 0.6 is 46.4 Å². The number of amides is 4. The van der Waals surface area contributed by atoms with Crippen molar-refractivity contribution in [3.05, 3.63) is 121 Å². The van der Waals surface area contributed by atoms with Crippen LogP contribution in [-0.2, 0) is 22.8 Å². The van der Waals surface area contributed by atoms with Crippen molar-refractivity contribution in [2.75, 3.05) is 12.0 Å². The number of imide groups is 2. The van der Waals surface area contributed by atoms with E-state index in [1.807, 2.05) is 6.07 Å². The molecule has 4 aromatic carbocycles. The number of barbiturate groups is 1. The van der Waals surface area contributed by atoms with Gasteiger partial charge in [0.05, 0.1) is 17.8 Å². The number of hydrogen-bond acceptors (Lipinski definition) is 6. The van der Waals surface area contributed by atoms with Crippen molar-refractivity contribution in [1.29, 1.82) is 0 Å². The fourth-order valence-electron chi connectivity index (χ4n) is 4.30. The summed E-state index contributed by atoms with van der Waals surface area (Å²) in [5.41, 5.74) is 1.87. The van der Waals surface area contributed by atoms with Gasteiger partial charge in [0, 0.05) is 20.6 Å². The van der Waals surface area contributed by atoms with Crippen LogP contribution in [0.3, 0.4) is 0 Å². The Labute approximate surface area is 272 Å². The molecule has 224 valence electrons. The van der Waals surface area contributed by atoms with E-state index in [1.165, 1.54) is 31.4 Å². The van der Waals surface area contributed by atoms with Crippen molar-refractivity contribution in [3.63, 3.8) is 0 Å². The molecule has 5 rings (SSSR count). The van der Waals surface area contributed by atoms with Crippen LogP contribution in [0.5, 0.6) is 17.2 Å². The first-order valence-electron chi connectivity index (χ1n) is 13.0. The predicted octanol–water partition coefficient (Wildman–Crippen LogP) is 8.13. The van der Waals surface area contributed by atoms with Gasteiger partial charge < -0.3 is 14.2 Å². The smallest absolute Gasteiger partial charge is 0.335 e. The standard InChI is InChI=1S/C32H22Cl4N2O6/c1-42-28-14-19(13-27(36)29(28)44-16-18-3-2-4-21(33)11-18)12-25-30(39)37-32(41)38(31(25)40)23-7-9-24(10-8-23)43-17-20-5-6-22(34)15-26(20)35/h2-15H,16-17H2,1H3,(H,37,39,41)/b25-12+. The molecule has 0 saturated carbocycles. The lowest BCUT2D eigenvalue weighted by Crippen LogP contribution is -2.54. The molecule has 4 amide bonds. The minimum Gasteiger partial charge on any atom is -0.493 e. The number of anilines is 1. The van der Waals surface area contributed by atoms with Gasteiger partial charge in [-0.1, -0.05) is 64.6 Å². The summed E-state index contributed by atoms with van der Waals surface area (Å²) in [5, 5.41) is 3.93. The third-order valence-electron chi connectivity index (χ3n) is 6.44. The van der Waals surface area contributed by atoms with Gasteiger partial charge in [-0.05, 0) is 77.9 Å². The first-order valence-corrected chi connectivity index (χ1v) is 14.5. The first kappa shape index (κ1) is 31.2. The Hall–Kier alpha value is -4.21. The molecule has 1 aliphatic rings. The Bertz CT molecular complexity index is 1790. The molecular formula is C32H22Cl4N2O6. The number of nitrogens with one attached hydrogen (secondary N) is 1. The van der Waals surface area contributed by atoms with Gasteiger partial charge in [0.25, 0.3) is 11.8 Å². The average Bonchev–Trinajstić information content (AvgIpc) is 2.98. The highest BCUT2D eigenvalue weighted by atomic mass is 35.5. The van der Waals surface area contributed by atoms with Gasteiger partial charge in [-0.3, -0.25) is 14.9 Å². The van der Waals surface area contributed by atoms with E-state index in [1.54, 1.807) is 54.6 Å². The van der Waals surface area contributed by atoms with E-state index in [-0.39, 0.29) is 41.0 Å². The maximum atomic E-state index is 13.4. The molecule has 1 heterocycles. The van der Waals surface area contributed by atoms with Crippen molar-refractivity contribution in [1.82, 2.24) is 5.32 Å². The molecule has 0 atom stereocenters. The molecule has 1 aliphatic heterocycles. The summed E-state index contributed by atoms with van der Waals surface area (Å²) in [6.07, 6.45) is 1.32. The number of methoxy groups -OCH3 is 1. The Kier molecular flexibility index (Phi) is 9.66. The molecule has 1 saturated heterocycles. The monoisotopic (exact) mass is 670 g/mol. The lowest BCUT2D eigenvalue weighted by Gasteiger charge is -2.26. The Balaban J connectivity index is 1.34. The molecule has 1 N–H and O–H groups in total. The van der Waals surface area contributed by atoms with E-state index in [4.69, 9.17) is 60.6 Å². The summed E-state index contributed by atoms with van der Waals surface area (Å²) < 4.78 is 17.1. The number of carbonyl (C=O) groups excluding carboxylic acids is 3. The molecule has 4 aromatic rings. The summed E-state index contributed by atoms with van der Waals surface area (Å²) in [6.45, 7) is 0.351. The topological polar surface area (TPSA) is 94.2 Å². The molecule has 0 aliphatic carbocycles. The van der Waals surface area contributed by atoms with E-state index in [2.05, 4.69) is 5.32 Å². The number of nitrogens with zero attached hydrogens (tertiary/aromatic N) is 1. The van der Waals surface area contributed by atoms with E-state index in [0.29, 0.717) is 26.4 Å². The van der Waals surface area contributed by atoms with Gasteiger partial charge in [-0.25, -0.2) is 9.69 Å². The summed E-state index contributed by atoms with van der Waals surface area (Å²) in [6, 6.07) is 20.7. The maximum Gasteiger partial charge on any atom is 0.335 e. The molecule has 8 nitrogen and oxygen atoms in total. The first-order chi connectivity index (χ1) is 21.1. The fourth-order valence-corrected chi connectivity index (χ4v) is 5.24. The van der Waals surface area contributed by atoms with Crippen LogP contribution in [0.25, 0.3) is 6.08 Å². The van der Waals surface area contributed by atoms with Crippen LogP contribution in [0.4, 0.5) is 10.5 Å². The van der Waals surface area contributed by atoms with Crippen LogP contribution in [0.1, 0.15) is 16.7 Å². The second-order valence-electron chi connectivity index (χ2n) is 9.43. The normalized spacial score (nSPS) is 14.1. The zero-order chi connectivity index (χ0) is 31.4. The van der Waals surface area contributed by atoms with Gasteiger partial charge in [0.2, 0.25) is 0 Å². The fraction of sp³-hybridized carbons (Fsp3) is 0.0938. The zero-order valence-electron chi connectivity index (χ0n) is 22.9. The van der Waals surface area contributed by atoms with E-state index < -0.39 is 17.8 Å². The van der Waals surface area contributed by atoms with E-state index in [9.17, 15) is 14.4 Å². The molecule has 12 heteroatoms. The quantitative estimate of drug-likeness (QED) is 0.143. The molecule has 0 bridgehead atoms. The highest BCUT2D eigenvalue weighted by Gasteiger charge is 2.37. The number of rotatable bonds is 9. The van der Waals surface area contributed by atoms with Crippen molar-refractivity contribution in [2.45, 2.75) is 13.2 Å². The van der Waals surface area contributed by atoms with Gasteiger partial charge in [0.15, 0.2) is 11.5 Å². The highest BCUT2D eigenvalue weighted by Crippen LogP contribution is 2.38. The number of halogens is 4. The second kappa shape index (κ2) is 13.6. The SMILES string of the molecule is COc1cc(/C=C2\C(=O)NC(=O)N(c3ccc(OCc4ccc(Cl)cc4Cl)cc3)C2=O)cc(Cl)c1OCc1cccc(Cl)c1. The van der Waals surface area contributed by atoms with Crippen LogP contribution in [0, 0.1) is 0 Å². The largest absolute Gasteiger partial charge is 0.493 e. The zero-order valence-corrected chi connectivity index (χ0v) is 25.9. The third-order valence-corrected chi connectivity index (χ3v) is 7.54. The highest BCUT2D eigenvalue weighted by molar-refractivity contribution is 6.39. The van der Waals surface area contributed by atoms with E-state index >= 15 is 0 Å². The van der Waals surface area contributed by atoms with Crippen molar-refractivity contribution >= 4 is 76.0 Å². The van der Waals surface area contributed by atoms with Gasteiger partial charge in [-0.15, -0.1) is 0 Å². The van der Waals surface area contributed by atoms with Crippen LogP contribution in [0.15, 0.2) is 84.4 Å². The van der Waals surface area contributed by atoms with Crippen molar-refractivity contribution < 1.29 is 28.6 Å². The van der Waals surface area contributed by atoms with Crippen LogP contribution in [0.2, 0.25) is 20.1 Å². The van der Waals surface area contributed by atoms with Crippen molar-refractivity contribution in [3.8, 4) is 17.2 Å². The minimum absolute atomic E-state index is 0.174. The number of benzene rings is 4. The summed E-state index contributed by atoms with van der Waals surface area (Å²) >= 11 is 24.7. The van der Waals surface area contributed by atoms with E-state index in [0.717, 1.165) is 16.0 Å². The van der Waals surface area contributed by atoms with Crippen LogP contribution < -0.4 is 24.4 Å². The Morgan fingerprint density at radius 1 is 0.795 bits per heavy atom. The predicted molar refractivity (Wildman–Crippen MR) is 170 cm³/mol. The summed E-state index contributed by atoms with van der Waals surface area (Å²) in [4.78, 5) is 39.7. The molecule has 44 heavy (non-hydrogen) atoms. The molecule has 0 radical (unpaired) electrons. The average molecular weight is 672 g/mol. The lowest BCUT2D eigenvalue weighted by molar-refractivity contribution is -0.122. The number of ether oxygens (including phenoxy) is 3. The molecular weight excluding hydrogens is 650 g/mol. The summed E-state index contributed by atoms with van der Waals surface area (Å²) in [7, 11) is 1.44. The molecule has 0 unspecified atom stereocenters. The second-order valence-corrected chi connectivity index (χ2v) is 11.1. The Morgan fingerprint density at radius 3 is 2.25 bits per heavy atom. The molecule has 1 fully saturated rings. The van der Waals surface area contributed by atoms with Crippen LogP contribution in [-0.4, -0.2) is 25.0 Å². The number of urea groups is 1. The summed E-state index contributed by atoms with van der Waals surface area (Å²) in [5.74, 6) is -0.661. The van der Waals surface area contributed by atoms with Gasteiger partial charge >= 0.3 is 6.03 Å². The number of hydrogen-bond donors (Lipinski definition) is 1. The van der Waals surface area contributed by atoms with Crippen molar-refractivity contribution in [2.24, 2.45) is 0 Å². The third kappa shape index (κ3) is 7.11. The molecule has 0 spiro atoms. The van der Waals surface area contributed by atoms with Gasteiger partial charge in [-0.2, -0.15) is 0 Å². The molecule has 0 aromatic heterocycles.